The van der Waals surface area contributed by atoms with Crippen LogP contribution in [-0.4, -0.2) is 18.2 Å². The lowest BCUT2D eigenvalue weighted by molar-refractivity contribution is 0.401. The molecule has 0 aliphatic carbocycles. The molecule has 0 aliphatic heterocycles. The molecule has 0 unspecified atom stereocenters. The summed E-state index contributed by atoms with van der Waals surface area (Å²) < 4.78 is 5.72. The minimum atomic E-state index is -3.64. The van der Waals surface area contributed by atoms with Crippen molar-refractivity contribution in [2.75, 3.05) is 0 Å². The fourth-order valence-electron chi connectivity index (χ4n) is 2.24. The molecule has 0 saturated heterocycles. The van der Waals surface area contributed by atoms with Gasteiger partial charge in [-0.05, 0) is 46.8 Å². The molecule has 0 fully saturated rings. The van der Waals surface area contributed by atoms with E-state index < -0.39 is 8.56 Å². The quantitative estimate of drug-likeness (QED) is 0.505. The standard InChI is InChI=1S/C18H16O3SSi/c19-23(20,17-4-2-1-3-5-17)18-12-8-15(9-13-18)21-14-6-10-16(22)11-7-14/h1-13,19-20,22H. The van der Waals surface area contributed by atoms with Gasteiger partial charge in [-0.15, -0.1) is 12.6 Å². The van der Waals surface area contributed by atoms with Gasteiger partial charge in [0.1, 0.15) is 11.5 Å². The van der Waals surface area contributed by atoms with E-state index in [0.29, 0.717) is 21.9 Å². The lowest BCUT2D eigenvalue weighted by Gasteiger charge is -2.18. The molecule has 0 amide bonds. The molecule has 0 atom stereocenters. The van der Waals surface area contributed by atoms with Gasteiger partial charge in [0.25, 0.3) is 0 Å². The Bertz CT molecular complexity index is 772. The predicted octanol–water partition coefficient (Wildman–Crippen LogP) is 2.31. The Morgan fingerprint density at radius 2 is 1.13 bits per heavy atom. The number of hydrogen-bond acceptors (Lipinski definition) is 4. The number of rotatable bonds is 4. The lowest BCUT2D eigenvalue weighted by Crippen LogP contribution is -2.59. The SMILES string of the molecule is O[Si](O)(c1ccccc1)c1ccc(Oc2ccc(S)cc2)cc1. The Morgan fingerprint density at radius 3 is 1.70 bits per heavy atom. The second-order valence-electron chi connectivity index (χ2n) is 5.16. The summed E-state index contributed by atoms with van der Waals surface area (Å²) in [5.41, 5.74) is 0. The van der Waals surface area contributed by atoms with Crippen LogP contribution in [0.25, 0.3) is 0 Å². The van der Waals surface area contributed by atoms with Crippen molar-refractivity contribution in [1.29, 1.82) is 0 Å². The summed E-state index contributed by atoms with van der Waals surface area (Å²) in [6.45, 7) is 0. The summed E-state index contributed by atoms with van der Waals surface area (Å²) >= 11 is 4.23. The smallest absolute Gasteiger partial charge is 0.401 e. The molecule has 0 bridgehead atoms. The van der Waals surface area contributed by atoms with E-state index in [2.05, 4.69) is 12.6 Å². The Morgan fingerprint density at radius 1 is 0.652 bits per heavy atom. The number of benzene rings is 3. The first-order valence-electron chi connectivity index (χ1n) is 7.13. The first kappa shape index (κ1) is 15.8. The van der Waals surface area contributed by atoms with Gasteiger partial charge in [0.05, 0.1) is 0 Å². The zero-order chi connectivity index (χ0) is 16.3. The van der Waals surface area contributed by atoms with Gasteiger partial charge in [-0.1, -0.05) is 42.5 Å². The highest BCUT2D eigenvalue weighted by atomic mass is 32.1. The van der Waals surface area contributed by atoms with E-state index in [1.165, 1.54) is 0 Å². The third-order valence-electron chi connectivity index (χ3n) is 3.51. The van der Waals surface area contributed by atoms with Crippen LogP contribution in [0.15, 0.2) is 83.8 Å². The van der Waals surface area contributed by atoms with Crippen molar-refractivity contribution in [1.82, 2.24) is 0 Å². The van der Waals surface area contributed by atoms with Crippen LogP contribution in [-0.2, 0) is 0 Å². The fraction of sp³-hybridized carbons (Fsp3) is 0. The molecular formula is C18H16O3SSi. The first-order valence-corrected chi connectivity index (χ1v) is 9.47. The third kappa shape index (κ3) is 3.65. The van der Waals surface area contributed by atoms with Crippen molar-refractivity contribution in [3.8, 4) is 11.5 Å². The predicted molar refractivity (Wildman–Crippen MR) is 96.1 cm³/mol. The summed E-state index contributed by atoms with van der Waals surface area (Å²) in [5, 5.41) is 1.07. The minimum Gasteiger partial charge on any atom is -0.457 e. The molecule has 3 aromatic rings. The second-order valence-corrected chi connectivity index (χ2v) is 8.17. The van der Waals surface area contributed by atoms with E-state index in [-0.39, 0.29) is 0 Å². The van der Waals surface area contributed by atoms with Crippen molar-refractivity contribution >= 4 is 31.6 Å². The van der Waals surface area contributed by atoms with Gasteiger partial charge in [0.2, 0.25) is 0 Å². The summed E-state index contributed by atoms with van der Waals surface area (Å²) in [6, 6.07) is 23.1. The monoisotopic (exact) mass is 340 g/mol. The van der Waals surface area contributed by atoms with Gasteiger partial charge >= 0.3 is 8.56 Å². The summed E-state index contributed by atoms with van der Waals surface area (Å²) in [5.74, 6) is 1.34. The van der Waals surface area contributed by atoms with E-state index in [0.717, 1.165) is 4.90 Å². The fourth-order valence-corrected chi connectivity index (χ4v) is 4.01. The molecule has 0 saturated carbocycles. The highest BCUT2D eigenvalue weighted by molar-refractivity contribution is 7.80. The van der Waals surface area contributed by atoms with Crippen LogP contribution < -0.4 is 15.1 Å². The second kappa shape index (κ2) is 6.60. The molecule has 0 radical (unpaired) electrons. The van der Waals surface area contributed by atoms with Crippen molar-refractivity contribution in [2.24, 2.45) is 0 Å². The summed E-state index contributed by atoms with van der Waals surface area (Å²) in [6.07, 6.45) is 0. The maximum absolute atomic E-state index is 10.5. The van der Waals surface area contributed by atoms with Gasteiger partial charge < -0.3 is 14.3 Å². The average Bonchev–Trinajstić information content (AvgIpc) is 2.58. The number of hydrogen-bond donors (Lipinski definition) is 3. The van der Waals surface area contributed by atoms with Crippen LogP contribution in [0.2, 0.25) is 0 Å². The van der Waals surface area contributed by atoms with E-state index in [4.69, 9.17) is 4.74 Å². The Hall–Kier alpha value is -2.05. The van der Waals surface area contributed by atoms with Gasteiger partial charge in [0.15, 0.2) is 0 Å². The maximum Gasteiger partial charge on any atom is 0.401 e. The van der Waals surface area contributed by atoms with Crippen LogP contribution in [0.5, 0.6) is 11.5 Å². The van der Waals surface area contributed by atoms with Crippen molar-refractivity contribution in [2.45, 2.75) is 4.90 Å². The average molecular weight is 340 g/mol. The Kier molecular flexibility index (Phi) is 4.54. The third-order valence-corrected chi connectivity index (χ3v) is 6.08. The van der Waals surface area contributed by atoms with Crippen LogP contribution >= 0.6 is 12.6 Å². The lowest BCUT2D eigenvalue weighted by atomic mass is 10.3. The van der Waals surface area contributed by atoms with Gasteiger partial charge in [-0.2, -0.15) is 0 Å². The van der Waals surface area contributed by atoms with E-state index >= 15 is 0 Å². The molecule has 0 aliphatic rings. The normalized spacial score (nSPS) is 11.3. The molecule has 0 heterocycles. The van der Waals surface area contributed by atoms with Gasteiger partial charge in [-0.25, -0.2) is 0 Å². The van der Waals surface area contributed by atoms with E-state index in [1.807, 2.05) is 30.3 Å². The van der Waals surface area contributed by atoms with Crippen LogP contribution in [0, 0.1) is 0 Å². The van der Waals surface area contributed by atoms with Gasteiger partial charge in [-0.3, -0.25) is 0 Å². The molecule has 5 heteroatoms. The molecule has 3 nitrogen and oxygen atoms in total. The minimum absolute atomic E-state index is 0.516. The Balaban J connectivity index is 1.80. The zero-order valence-corrected chi connectivity index (χ0v) is 14.1. The molecule has 0 aromatic heterocycles. The number of ether oxygens (including phenoxy) is 1. The maximum atomic E-state index is 10.5. The molecule has 3 rings (SSSR count). The summed E-state index contributed by atoms with van der Waals surface area (Å²) in [4.78, 5) is 21.9. The largest absolute Gasteiger partial charge is 0.457 e. The highest BCUT2D eigenvalue weighted by Crippen LogP contribution is 2.22. The zero-order valence-electron chi connectivity index (χ0n) is 12.3. The summed E-state index contributed by atoms with van der Waals surface area (Å²) in [7, 11) is -3.64. The van der Waals surface area contributed by atoms with Crippen molar-refractivity contribution in [3.63, 3.8) is 0 Å². The number of thiol groups is 1. The van der Waals surface area contributed by atoms with Gasteiger partial charge in [0, 0.05) is 4.90 Å². The molecule has 23 heavy (non-hydrogen) atoms. The molecule has 3 aromatic carbocycles. The van der Waals surface area contributed by atoms with Crippen molar-refractivity contribution in [3.05, 3.63) is 78.9 Å². The molecule has 116 valence electrons. The molecule has 2 N–H and O–H groups in total. The van der Waals surface area contributed by atoms with Crippen LogP contribution in [0.1, 0.15) is 0 Å². The van der Waals surface area contributed by atoms with Crippen LogP contribution in [0.4, 0.5) is 0 Å². The topological polar surface area (TPSA) is 49.7 Å². The van der Waals surface area contributed by atoms with Crippen molar-refractivity contribution < 1.29 is 14.3 Å². The highest BCUT2D eigenvalue weighted by Gasteiger charge is 2.34. The van der Waals surface area contributed by atoms with E-state index in [9.17, 15) is 9.59 Å². The van der Waals surface area contributed by atoms with E-state index in [1.54, 1.807) is 48.5 Å². The molecule has 0 spiro atoms. The van der Waals surface area contributed by atoms with Crippen LogP contribution in [0.3, 0.4) is 0 Å². The first-order chi connectivity index (χ1) is 11.1. The molecular weight excluding hydrogens is 324 g/mol. The Labute approximate surface area is 141 Å².